The first-order valence-corrected chi connectivity index (χ1v) is 8.03. The van der Waals surface area contributed by atoms with Crippen LogP contribution in [0.4, 0.5) is 10.5 Å². The Bertz CT molecular complexity index is 451. The van der Waals surface area contributed by atoms with Gasteiger partial charge in [-0.05, 0) is 25.0 Å². The summed E-state index contributed by atoms with van der Waals surface area (Å²) in [6.45, 7) is 3.33. The molecule has 1 N–H and O–H groups in total. The van der Waals surface area contributed by atoms with Gasteiger partial charge in [-0.15, -0.1) is 0 Å². The van der Waals surface area contributed by atoms with Crippen molar-refractivity contribution >= 4 is 11.7 Å². The normalized spacial score (nSPS) is 20.4. The van der Waals surface area contributed by atoms with Gasteiger partial charge in [0.15, 0.2) is 0 Å². The average molecular weight is 288 g/mol. The maximum absolute atomic E-state index is 12.3. The molecule has 2 heterocycles. The van der Waals surface area contributed by atoms with Crippen LogP contribution >= 0.6 is 0 Å². The Morgan fingerprint density at radius 3 is 2.57 bits per heavy atom. The highest BCUT2D eigenvalue weighted by atomic mass is 16.2. The second-order valence-electron chi connectivity index (χ2n) is 5.97. The maximum Gasteiger partial charge on any atom is 0.317 e. The van der Waals surface area contributed by atoms with E-state index in [-0.39, 0.29) is 6.03 Å². The fourth-order valence-electron chi connectivity index (χ4n) is 3.22. The Labute approximate surface area is 126 Å². The van der Waals surface area contributed by atoms with E-state index in [1.807, 2.05) is 17.2 Å². The molecule has 21 heavy (non-hydrogen) atoms. The lowest BCUT2D eigenvalue weighted by molar-refractivity contribution is 0.186. The Morgan fingerprint density at radius 2 is 1.90 bits per heavy atom. The van der Waals surface area contributed by atoms with E-state index in [0.717, 1.165) is 44.7 Å². The number of carbonyl (C=O) groups is 1. The van der Waals surface area contributed by atoms with E-state index in [2.05, 4.69) is 21.3 Å². The number of rotatable bonds is 2. The molecule has 0 aromatic carbocycles. The molecule has 0 spiro atoms. The third kappa shape index (κ3) is 3.65. The van der Waals surface area contributed by atoms with Crippen LogP contribution in [0.1, 0.15) is 32.1 Å². The molecule has 1 aliphatic heterocycles. The zero-order valence-electron chi connectivity index (χ0n) is 12.5. The van der Waals surface area contributed by atoms with Crippen molar-refractivity contribution in [1.82, 2.24) is 15.2 Å². The fourth-order valence-corrected chi connectivity index (χ4v) is 3.22. The molecule has 5 heteroatoms. The summed E-state index contributed by atoms with van der Waals surface area (Å²) in [5, 5.41) is 3.20. The topological polar surface area (TPSA) is 48.5 Å². The number of hydrogen-bond acceptors (Lipinski definition) is 3. The van der Waals surface area contributed by atoms with Crippen LogP contribution in [0.2, 0.25) is 0 Å². The van der Waals surface area contributed by atoms with E-state index < -0.39 is 0 Å². The lowest BCUT2D eigenvalue weighted by Crippen LogP contribution is -2.53. The van der Waals surface area contributed by atoms with Gasteiger partial charge in [-0.25, -0.2) is 4.79 Å². The molecular weight excluding hydrogens is 264 g/mol. The van der Waals surface area contributed by atoms with Crippen LogP contribution < -0.4 is 10.2 Å². The predicted octanol–water partition coefficient (Wildman–Crippen LogP) is 2.25. The Morgan fingerprint density at radius 1 is 1.14 bits per heavy atom. The molecule has 1 aromatic rings. The number of carbonyl (C=O) groups excluding carboxylic acids is 1. The molecule has 1 saturated heterocycles. The van der Waals surface area contributed by atoms with Crippen LogP contribution in [0.5, 0.6) is 0 Å². The van der Waals surface area contributed by atoms with Crippen LogP contribution in [0.15, 0.2) is 24.5 Å². The van der Waals surface area contributed by atoms with Gasteiger partial charge in [0.1, 0.15) is 0 Å². The molecule has 0 atom stereocenters. The van der Waals surface area contributed by atoms with E-state index in [1.54, 1.807) is 6.20 Å². The minimum Gasteiger partial charge on any atom is -0.367 e. The zero-order valence-corrected chi connectivity index (χ0v) is 12.5. The number of nitrogens with zero attached hydrogens (tertiary/aromatic N) is 3. The van der Waals surface area contributed by atoms with E-state index in [1.165, 1.54) is 19.3 Å². The van der Waals surface area contributed by atoms with Gasteiger partial charge in [0, 0.05) is 38.4 Å². The van der Waals surface area contributed by atoms with Crippen molar-refractivity contribution in [2.75, 3.05) is 31.1 Å². The van der Waals surface area contributed by atoms with Crippen molar-refractivity contribution in [2.45, 2.75) is 38.1 Å². The second-order valence-corrected chi connectivity index (χ2v) is 5.97. The first-order valence-electron chi connectivity index (χ1n) is 8.03. The summed E-state index contributed by atoms with van der Waals surface area (Å²) >= 11 is 0. The highest BCUT2D eigenvalue weighted by Crippen LogP contribution is 2.18. The second kappa shape index (κ2) is 6.78. The van der Waals surface area contributed by atoms with Gasteiger partial charge in [0.05, 0.1) is 11.9 Å². The summed E-state index contributed by atoms with van der Waals surface area (Å²) in [5.41, 5.74) is 1.14. The number of hydrogen-bond donors (Lipinski definition) is 1. The van der Waals surface area contributed by atoms with Crippen LogP contribution in [-0.4, -0.2) is 48.1 Å². The molecule has 114 valence electrons. The first-order chi connectivity index (χ1) is 10.3. The van der Waals surface area contributed by atoms with Crippen molar-refractivity contribution < 1.29 is 4.79 Å². The predicted molar refractivity (Wildman–Crippen MR) is 83.4 cm³/mol. The summed E-state index contributed by atoms with van der Waals surface area (Å²) in [5.74, 6) is 0. The van der Waals surface area contributed by atoms with Gasteiger partial charge >= 0.3 is 6.03 Å². The molecule has 1 saturated carbocycles. The lowest BCUT2D eigenvalue weighted by atomic mass is 9.96. The SMILES string of the molecule is O=C(NC1CCCCC1)N1CCN(c2cccnc2)CC1. The monoisotopic (exact) mass is 288 g/mol. The molecular formula is C16H24N4O. The van der Waals surface area contributed by atoms with Gasteiger partial charge in [-0.3, -0.25) is 4.98 Å². The van der Waals surface area contributed by atoms with Gasteiger partial charge in [-0.2, -0.15) is 0 Å². The zero-order chi connectivity index (χ0) is 14.5. The molecule has 0 radical (unpaired) electrons. The standard InChI is InChI=1S/C16H24N4O/c21-16(18-14-5-2-1-3-6-14)20-11-9-19(10-12-20)15-7-4-8-17-13-15/h4,7-8,13-14H,1-3,5-6,9-12H2,(H,18,21). The maximum atomic E-state index is 12.3. The van der Waals surface area contributed by atoms with Crippen LogP contribution in [0, 0.1) is 0 Å². The number of pyridine rings is 1. The summed E-state index contributed by atoms with van der Waals surface area (Å²) in [7, 11) is 0. The molecule has 2 amide bonds. The summed E-state index contributed by atoms with van der Waals surface area (Å²) in [6, 6.07) is 4.54. The lowest BCUT2D eigenvalue weighted by Gasteiger charge is -2.37. The molecule has 2 fully saturated rings. The van der Waals surface area contributed by atoms with Crippen molar-refractivity contribution in [3.8, 4) is 0 Å². The molecule has 1 aliphatic carbocycles. The van der Waals surface area contributed by atoms with Crippen LogP contribution in [0.3, 0.4) is 0 Å². The highest BCUT2D eigenvalue weighted by Gasteiger charge is 2.23. The highest BCUT2D eigenvalue weighted by molar-refractivity contribution is 5.75. The third-order valence-corrected chi connectivity index (χ3v) is 4.51. The number of anilines is 1. The minimum absolute atomic E-state index is 0.118. The summed E-state index contributed by atoms with van der Waals surface area (Å²) < 4.78 is 0. The molecule has 0 bridgehead atoms. The Hall–Kier alpha value is -1.78. The van der Waals surface area contributed by atoms with Gasteiger partial charge < -0.3 is 15.1 Å². The molecule has 2 aliphatic rings. The Kier molecular flexibility index (Phi) is 4.58. The number of aromatic nitrogens is 1. The van der Waals surface area contributed by atoms with E-state index >= 15 is 0 Å². The summed E-state index contributed by atoms with van der Waals surface area (Å²) in [6.07, 6.45) is 9.77. The first kappa shape index (κ1) is 14.2. The van der Waals surface area contributed by atoms with Crippen LogP contribution in [-0.2, 0) is 0 Å². The van der Waals surface area contributed by atoms with Crippen LogP contribution in [0.25, 0.3) is 0 Å². The molecule has 0 unspecified atom stereocenters. The third-order valence-electron chi connectivity index (χ3n) is 4.51. The van der Waals surface area contributed by atoms with Gasteiger partial charge in [0.25, 0.3) is 0 Å². The summed E-state index contributed by atoms with van der Waals surface area (Å²) in [4.78, 5) is 20.7. The molecule has 5 nitrogen and oxygen atoms in total. The number of nitrogens with one attached hydrogen (secondary N) is 1. The van der Waals surface area contributed by atoms with Crippen molar-refractivity contribution in [3.63, 3.8) is 0 Å². The molecule has 3 rings (SSSR count). The molecule has 1 aromatic heterocycles. The fraction of sp³-hybridized carbons (Fsp3) is 0.625. The van der Waals surface area contributed by atoms with E-state index in [4.69, 9.17) is 0 Å². The largest absolute Gasteiger partial charge is 0.367 e. The van der Waals surface area contributed by atoms with Gasteiger partial charge in [-0.1, -0.05) is 19.3 Å². The van der Waals surface area contributed by atoms with E-state index in [0.29, 0.717) is 6.04 Å². The number of urea groups is 1. The van der Waals surface area contributed by atoms with Gasteiger partial charge in [0.2, 0.25) is 0 Å². The number of amides is 2. The van der Waals surface area contributed by atoms with E-state index in [9.17, 15) is 4.79 Å². The number of piperazine rings is 1. The average Bonchev–Trinajstić information content (AvgIpc) is 2.57. The quantitative estimate of drug-likeness (QED) is 0.908. The smallest absolute Gasteiger partial charge is 0.317 e. The van der Waals surface area contributed by atoms with Crippen molar-refractivity contribution in [1.29, 1.82) is 0 Å². The van der Waals surface area contributed by atoms with Crippen molar-refractivity contribution in [2.24, 2.45) is 0 Å². The van der Waals surface area contributed by atoms with Crippen molar-refractivity contribution in [3.05, 3.63) is 24.5 Å². The Balaban J connectivity index is 1.47. The minimum atomic E-state index is 0.118.